The van der Waals surface area contributed by atoms with Crippen LogP contribution in [0.3, 0.4) is 0 Å². The summed E-state index contributed by atoms with van der Waals surface area (Å²) in [6.07, 6.45) is 3.05. The van der Waals surface area contributed by atoms with Crippen molar-refractivity contribution in [3.05, 3.63) is 53.1 Å². The number of phenols is 1. The highest BCUT2D eigenvalue weighted by atomic mass is 32.2. The van der Waals surface area contributed by atoms with Crippen molar-refractivity contribution in [1.82, 2.24) is 9.21 Å². The third-order valence-electron chi connectivity index (χ3n) is 9.34. The molecule has 4 aliphatic rings. The lowest BCUT2D eigenvalue weighted by Gasteiger charge is -2.60. The van der Waals surface area contributed by atoms with Crippen LogP contribution in [0.1, 0.15) is 49.8 Å². The molecule has 0 amide bonds. The van der Waals surface area contributed by atoms with Gasteiger partial charge in [0, 0.05) is 35.2 Å². The predicted octanol–water partition coefficient (Wildman–Crippen LogP) is 3.93. The molecule has 200 valence electrons. The Morgan fingerprint density at radius 1 is 1.24 bits per heavy atom. The number of hydrogen-bond donors (Lipinski definition) is 1. The van der Waals surface area contributed by atoms with E-state index in [0.717, 1.165) is 48.9 Å². The molecule has 0 radical (unpaired) electrons. The van der Waals surface area contributed by atoms with Crippen LogP contribution in [-0.2, 0) is 27.6 Å². The molecule has 37 heavy (non-hydrogen) atoms. The number of piperidine rings is 1. The third-order valence-corrected chi connectivity index (χ3v) is 11.2. The summed E-state index contributed by atoms with van der Waals surface area (Å²) >= 11 is 0. The number of likely N-dealkylation sites (N-methyl/N-ethyl adjacent to an activating group) is 1. The van der Waals surface area contributed by atoms with E-state index in [-0.39, 0.29) is 35.0 Å². The van der Waals surface area contributed by atoms with Gasteiger partial charge >= 0.3 is 0 Å². The fourth-order valence-electron chi connectivity index (χ4n) is 7.89. The zero-order valence-electron chi connectivity index (χ0n) is 22.2. The van der Waals surface area contributed by atoms with E-state index in [1.165, 1.54) is 0 Å². The van der Waals surface area contributed by atoms with E-state index >= 15 is 0 Å². The number of rotatable bonds is 7. The van der Waals surface area contributed by atoms with Crippen LogP contribution in [0.4, 0.5) is 0 Å². The van der Waals surface area contributed by atoms with Gasteiger partial charge in [0.15, 0.2) is 11.5 Å². The van der Waals surface area contributed by atoms with Crippen LogP contribution in [0.2, 0.25) is 0 Å². The highest BCUT2D eigenvalue weighted by molar-refractivity contribution is 7.88. The maximum absolute atomic E-state index is 14.1. The molecule has 6 rings (SSSR count). The van der Waals surface area contributed by atoms with Gasteiger partial charge in [-0.25, -0.2) is 8.42 Å². The first-order chi connectivity index (χ1) is 17.7. The first-order valence-electron chi connectivity index (χ1n) is 13.5. The molecule has 2 aliphatic carbocycles. The van der Waals surface area contributed by atoms with Crippen LogP contribution >= 0.6 is 0 Å². The van der Waals surface area contributed by atoms with Crippen LogP contribution in [-0.4, -0.2) is 68.2 Å². The van der Waals surface area contributed by atoms with Gasteiger partial charge in [-0.15, -0.1) is 0 Å². The molecule has 2 fully saturated rings. The van der Waals surface area contributed by atoms with Crippen LogP contribution in [0.25, 0.3) is 0 Å². The topological polar surface area (TPSA) is 79.3 Å². The van der Waals surface area contributed by atoms with Crippen molar-refractivity contribution in [2.24, 2.45) is 11.8 Å². The Labute approximate surface area is 220 Å². The molecule has 8 heteroatoms. The number of ether oxygens (including phenoxy) is 2. The second kappa shape index (κ2) is 8.89. The number of sulfonamides is 1. The monoisotopic (exact) mass is 526 g/mol. The summed E-state index contributed by atoms with van der Waals surface area (Å²) < 4.78 is 42.4. The second-order valence-electron chi connectivity index (χ2n) is 11.8. The molecule has 1 saturated heterocycles. The van der Waals surface area contributed by atoms with Crippen LogP contribution < -0.4 is 9.47 Å². The summed E-state index contributed by atoms with van der Waals surface area (Å²) in [4.78, 5) is 2.43. The van der Waals surface area contributed by atoms with Crippen LogP contribution in [0.15, 0.2) is 36.4 Å². The first kappa shape index (κ1) is 25.0. The summed E-state index contributed by atoms with van der Waals surface area (Å²) in [5.41, 5.74) is 2.50. The Kier molecular flexibility index (Phi) is 6.01. The quantitative estimate of drug-likeness (QED) is 0.589. The van der Waals surface area contributed by atoms with Crippen molar-refractivity contribution in [2.45, 2.75) is 68.9 Å². The zero-order chi connectivity index (χ0) is 26.1. The van der Waals surface area contributed by atoms with E-state index in [2.05, 4.69) is 25.8 Å². The number of phenolic OH excluding ortho intramolecular Hbond substituents is 1. The van der Waals surface area contributed by atoms with Crippen molar-refractivity contribution in [1.29, 1.82) is 0 Å². The Balaban J connectivity index is 1.48. The third kappa shape index (κ3) is 3.70. The molecule has 1 N–H and O–H groups in total. The molecule has 2 aromatic rings. The Bertz CT molecular complexity index is 1300. The minimum Gasteiger partial charge on any atom is -0.508 e. The summed E-state index contributed by atoms with van der Waals surface area (Å²) in [6, 6.07) is 11.1. The van der Waals surface area contributed by atoms with Crippen LogP contribution in [0, 0.1) is 11.8 Å². The van der Waals surface area contributed by atoms with Crippen molar-refractivity contribution >= 4 is 10.0 Å². The second-order valence-corrected chi connectivity index (χ2v) is 13.7. The smallest absolute Gasteiger partial charge is 0.218 e. The van der Waals surface area contributed by atoms with Gasteiger partial charge in [-0.3, -0.25) is 0 Å². The van der Waals surface area contributed by atoms with Crippen LogP contribution in [0.5, 0.6) is 17.2 Å². The van der Waals surface area contributed by atoms with Gasteiger partial charge in [0.1, 0.15) is 11.9 Å². The molecule has 0 unspecified atom stereocenters. The standard InChI is InChI=1S/C29H38N2O5S/c1-18(2)16-31(37(33,34)17-19-8-6-5-7-9-19)22-11-10-21-23-14-20-24(32)15-25(35-4)27-26(20)29(21,28(22)36-27)12-13-30(23)3/h5-9,15,18,21-23,28,32H,10-14,16-17H2,1-4H3/t21-,22-,23+,28-,29-/m0/s1. The lowest BCUT2D eigenvalue weighted by Crippen LogP contribution is -2.68. The number of aromatic hydroxyl groups is 1. The minimum absolute atomic E-state index is 0.0200. The maximum Gasteiger partial charge on any atom is 0.218 e. The molecular formula is C29H38N2O5S. The number of nitrogens with zero attached hydrogens (tertiary/aromatic N) is 2. The molecule has 1 saturated carbocycles. The molecule has 2 bridgehead atoms. The molecule has 2 aliphatic heterocycles. The average molecular weight is 527 g/mol. The van der Waals surface area contributed by atoms with Gasteiger partial charge in [0.05, 0.1) is 18.9 Å². The Morgan fingerprint density at radius 3 is 2.70 bits per heavy atom. The van der Waals surface area contributed by atoms with Gasteiger partial charge in [0.25, 0.3) is 0 Å². The molecule has 0 aromatic heterocycles. The highest BCUT2D eigenvalue weighted by Gasteiger charge is 2.67. The summed E-state index contributed by atoms with van der Waals surface area (Å²) in [5, 5.41) is 11.1. The maximum atomic E-state index is 14.1. The van der Waals surface area contributed by atoms with Gasteiger partial charge in [-0.1, -0.05) is 44.2 Å². The number of hydrogen-bond acceptors (Lipinski definition) is 6. The van der Waals surface area contributed by atoms with E-state index in [0.29, 0.717) is 30.0 Å². The Hall–Kier alpha value is -2.29. The van der Waals surface area contributed by atoms with E-state index < -0.39 is 10.0 Å². The fraction of sp³-hybridized carbons (Fsp3) is 0.586. The molecular weight excluding hydrogens is 488 g/mol. The molecule has 1 spiro atoms. The highest BCUT2D eigenvalue weighted by Crippen LogP contribution is 2.65. The van der Waals surface area contributed by atoms with Crippen molar-refractivity contribution in [3.63, 3.8) is 0 Å². The van der Waals surface area contributed by atoms with E-state index in [1.54, 1.807) is 17.5 Å². The normalized spacial score (nSPS) is 30.3. The zero-order valence-corrected chi connectivity index (χ0v) is 23.0. The van der Waals surface area contributed by atoms with Crippen molar-refractivity contribution in [2.75, 3.05) is 27.2 Å². The fourth-order valence-corrected chi connectivity index (χ4v) is 9.83. The number of benzene rings is 2. The summed E-state index contributed by atoms with van der Waals surface area (Å²) in [7, 11) is 0.171. The van der Waals surface area contributed by atoms with Crippen molar-refractivity contribution < 1.29 is 23.0 Å². The first-order valence-corrected chi connectivity index (χ1v) is 15.1. The average Bonchev–Trinajstić information content (AvgIpc) is 3.20. The van der Waals surface area contributed by atoms with Gasteiger partial charge < -0.3 is 19.5 Å². The Morgan fingerprint density at radius 2 is 2.00 bits per heavy atom. The lowest BCUT2D eigenvalue weighted by molar-refractivity contribution is -0.0710. The minimum atomic E-state index is -3.61. The summed E-state index contributed by atoms with van der Waals surface area (Å²) in [5.74, 6) is 2.02. The number of likely N-dealkylation sites (tertiary alicyclic amines) is 1. The largest absolute Gasteiger partial charge is 0.508 e. The predicted molar refractivity (Wildman–Crippen MR) is 143 cm³/mol. The SMILES string of the molecule is COc1cc(O)c2c3c1O[C@H]1[C@@H](N(CC(C)C)S(=O)(=O)Cc4ccccc4)CC[C@H]4[C@@H](C2)N(C)CC[C@@]341. The molecule has 2 heterocycles. The van der Waals surface area contributed by atoms with E-state index in [9.17, 15) is 13.5 Å². The van der Waals surface area contributed by atoms with E-state index in [4.69, 9.17) is 9.47 Å². The number of methoxy groups -OCH3 is 1. The van der Waals surface area contributed by atoms with E-state index in [1.807, 2.05) is 30.3 Å². The van der Waals surface area contributed by atoms with Crippen molar-refractivity contribution in [3.8, 4) is 17.2 Å². The van der Waals surface area contributed by atoms with Gasteiger partial charge in [-0.2, -0.15) is 4.31 Å². The van der Waals surface area contributed by atoms with Gasteiger partial charge in [-0.05, 0) is 56.7 Å². The molecule has 2 aromatic carbocycles. The lowest BCUT2D eigenvalue weighted by atomic mass is 9.51. The molecule has 5 atom stereocenters. The summed E-state index contributed by atoms with van der Waals surface area (Å²) in [6.45, 7) is 5.52. The van der Waals surface area contributed by atoms with Gasteiger partial charge in [0.2, 0.25) is 10.0 Å². The molecule has 7 nitrogen and oxygen atoms in total.